The van der Waals surface area contributed by atoms with Crippen molar-refractivity contribution in [1.29, 1.82) is 0 Å². The second-order valence-corrected chi connectivity index (χ2v) is 4.97. The van der Waals surface area contributed by atoms with Gasteiger partial charge in [-0.3, -0.25) is 4.79 Å². The van der Waals surface area contributed by atoms with Crippen molar-refractivity contribution in [3.8, 4) is 5.75 Å². The molecule has 0 radical (unpaired) electrons. The number of ketones is 1. The molecule has 0 aromatic heterocycles. The highest BCUT2D eigenvalue weighted by atomic mass is 16.5. The van der Waals surface area contributed by atoms with Gasteiger partial charge in [0, 0.05) is 11.5 Å². The average Bonchev–Trinajstić information content (AvgIpc) is 2.67. The minimum atomic E-state index is 0.141. The first-order chi connectivity index (χ1) is 8.74. The van der Waals surface area contributed by atoms with Crippen LogP contribution in [0.1, 0.15) is 48.9 Å². The molecule has 1 fully saturated rings. The molecular weight excluding hydrogens is 226 g/mol. The Kier molecular flexibility index (Phi) is 4.24. The van der Waals surface area contributed by atoms with Gasteiger partial charge in [-0.15, -0.1) is 0 Å². The molecule has 0 heterocycles. The maximum Gasteiger partial charge on any atom is 0.168 e. The van der Waals surface area contributed by atoms with E-state index in [2.05, 4.69) is 0 Å². The smallest absolute Gasteiger partial charge is 0.168 e. The molecule has 0 amide bonds. The van der Waals surface area contributed by atoms with E-state index in [4.69, 9.17) is 10.5 Å². The van der Waals surface area contributed by atoms with E-state index in [0.29, 0.717) is 17.0 Å². The molecule has 2 N–H and O–H groups in total. The molecule has 98 valence electrons. The first kappa shape index (κ1) is 12.9. The van der Waals surface area contributed by atoms with E-state index in [1.807, 2.05) is 12.1 Å². The van der Waals surface area contributed by atoms with Crippen LogP contribution in [0.4, 0.5) is 5.69 Å². The number of rotatable bonds is 3. The number of methoxy groups -OCH3 is 1. The Hall–Kier alpha value is -1.51. The van der Waals surface area contributed by atoms with Gasteiger partial charge in [0.2, 0.25) is 0 Å². The summed E-state index contributed by atoms with van der Waals surface area (Å²) in [4.78, 5) is 12.5. The summed E-state index contributed by atoms with van der Waals surface area (Å²) in [6.07, 6.45) is 6.79. The van der Waals surface area contributed by atoms with Crippen molar-refractivity contribution in [2.75, 3.05) is 12.8 Å². The number of nitrogens with two attached hydrogens (primary N) is 1. The molecule has 1 saturated carbocycles. The summed E-state index contributed by atoms with van der Waals surface area (Å²) < 4.78 is 5.17. The third-order valence-electron chi connectivity index (χ3n) is 3.78. The van der Waals surface area contributed by atoms with E-state index in [9.17, 15) is 4.79 Å². The summed E-state index contributed by atoms with van der Waals surface area (Å²) >= 11 is 0. The Morgan fingerprint density at radius 2 is 1.89 bits per heavy atom. The molecule has 18 heavy (non-hydrogen) atoms. The van der Waals surface area contributed by atoms with Gasteiger partial charge < -0.3 is 10.5 Å². The summed E-state index contributed by atoms with van der Waals surface area (Å²) in [6, 6.07) is 5.43. The van der Waals surface area contributed by atoms with Gasteiger partial charge in [0.05, 0.1) is 12.8 Å². The fourth-order valence-corrected chi connectivity index (χ4v) is 2.70. The minimum Gasteiger partial charge on any atom is -0.495 e. The largest absolute Gasteiger partial charge is 0.495 e. The molecule has 3 heteroatoms. The Labute approximate surface area is 108 Å². The molecular formula is C15H21NO2. The summed E-state index contributed by atoms with van der Waals surface area (Å²) in [5, 5.41) is 0. The molecule has 0 atom stereocenters. The summed E-state index contributed by atoms with van der Waals surface area (Å²) in [5.74, 6) is 0.921. The Morgan fingerprint density at radius 3 is 2.50 bits per heavy atom. The lowest BCUT2D eigenvalue weighted by Gasteiger charge is -2.15. The minimum absolute atomic E-state index is 0.141. The van der Waals surface area contributed by atoms with Crippen LogP contribution in [0.3, 0.4) is 0 Å². The predicted octanol–water partition coefficient (Wildman–Crippen LogP) is 3.43. The molecule has 3 nitrogen and oxygen atoms in total. The van der Waals surface area contributed by atoms with Crippen molar-refractivity contribution in [3.05, 3.63) is 23.8 Å². The van der Waals surface area contributed by atoms with Crippen LogP contribution in [0.15, 0.2) is 18.2 Å². The van der Waals surface area contributed by atoms with E-state index in [1.165, 1.54) is 12.8 Å². The molecule has 1 aromatic rings. The first-order valence-electron chi connectivity index (χ1n) is 6.70. The third kappa shape index (κ3) is 2.66. The van der Waals surface area contributed by atoms with Gasteiger partial charge in [-0.05, 0) is 25.0 Å². The Bertz CT molecular complexity index is 421. The number of carbonyl (C=O) groups excluding carboxylic acids is 1. The number of hydrogen-bond acceptors (Lipinski definition) is 3. The molecule has 1 aliphatic carbocycles. The van der Waals surface area contributed by atoms with Crippen molar-refractivity contribution in [2.24, 2.45) is 5.92 Å². The maximum atomic E-state index is 12.5. The van der Waals surface area contributed by atoms with E-state index in [0.717, 1.165) is 25.7 Å². The van der Waals surface area contributed by atoms with Crippen LogP contribution in [0.2, 0.25) is 0 Å². The van der Waals surface area contributed by atoms with Gasteiger partial charge in [-0.25, -0.2) is 0 Å². The zero-order valence-corrected chi connectivity index (χ0v) is 10.9. The van der Waals surface area contributed by atoms with E-state index >= 15 is 0 Å². The van der Waals surface area contributed by atoms with Crippen LogP contribution >= 0.6 is 0 Å². The van der Waals surface area contributed by atoms with Crippen LogP contribution in [-0.4, -0.2) is 12.9 Å². The number of benzene rings is 1. The molecule has 0 spiro atoms. The fourth-order valence-electron chi connectivity index (χ4n) is 2.70. The van der Waals surface area contributed by atoms with E-state index in [-0.39, 0.29) is 11.7 Å². The summed E-state index contributed by atoms with van der Waals surface area (Å²) in [6.45, 7) is 0. The van der Waals surface area contributed by atoms with Gasteiger partial charge in [-0.2, -0.15) is 0 Å². The zero-order valence-electron chi connectivity index (χ0n) is 10.9. The maximum absolute atomic E-state index is 12.5. The number of nitrogen functional groups attached to an aromatic ring is 1. The van der Waals surface area contributed by atoms with Gasteiger partial charge >= 0.3 is 0 Å². The number of anilines is 1. The quantitative estimate of drug-likeness (QED) is 0.506. The second kappa shape index (κ2) is 5.89. The van der Waals surface area contributed by atoms with Crippen molar-refractivity contribution >= 4 is 11.5 Å². The number of hydrogen-bond donors (Lipinski definition) is 1. The lowest BCUT2D eigenvalue weighted by atomic mass is 9.90. The predicted molar refractivity (Wildman–Crippen MR) is 72.9 cm³/mol. The molecule has 0 aliphatic heterocycles. The fraction of sp³-hybridized carbons (Fsp3) is 0.533. The van der Waals surface area contributed by atoms with Gasteiger partial charge in [0.15, 0.2) is 5.78 Å². The molecule has 0 unspecified atom stereocenters. The van der Waals surface area contributed by atoms with Crippen molar-refractivity contribution in [2.45, 2.75) is 38.5 Å². The SMILES string of the molecule is COc1cccc(C(=O)C2CCCCCC2)c1N. The number of ether oxygens (including phenoxy) is 1. The lowest BCUT2D eigenvalue weighted by Crippen LogP contribution is -2.16. The van der Waals surface area contributed by atoms with Gasteiger partial charge in [0.1, 0.15) is 5.75 Å². The molecule has 1 aromatic carbocycles. The van der Waals surface area contributed by atoms with Crippen molar-refractivity contribution in [1.82, 2.24) is 0 Å². The van der Waals surface area contributed by atoms with E-state index in [1.54, 1.807) is 13.2 Å². The highest BCUT2D eigenvalue weighted by Gasteiger charge is 2.23. The molecule has 0 saturated heterocycles. The Morgan fingerprint density at radius 1 is 1.22 bits per heavy atom. The standard InChI is InChI=1S/C15H21NO2/c1-18-13-10-6-9-12(14(13)16)15(17)11-7-4-2-3-5-8-11/h6,9-11H,2-5,7-8,16H2,1H3. The lowest BCUT2D eigenvalue weighted by molar-refractivity contribution is 0.0908. The van der Waals surface area contributed by atoms with Crippen molar-refractivity contribution < 1.29 is 9.53 Å². The normalized spacial score (nSPS) is 17.2. The topological polar surface area (TPSA) is 52.3 Å². The summed E-state index contributed by atoms with van der Waals surface area (Å²) in [7, 11) is 1.57. The van der Waals surface area contributed by atoms with Gasteiger partial charge in [-0.1, -0.05) is 31.7 Å². The average molecular weight is 247 g/mol. The van der Waals surface area contributed by atoms with Crippen molar-refractivity contribution in [3.63, 3.8) is 0 Å². The van der Waals surface area contributed by atoms with Crippen LogP contribution in [0.5, 0.6) is 5.75 Å². The highest BCUT2D eigenvalue weighted by Crippen LogP contribution is 2.31. The monoisotopic (exact) mass is 247 g/mol. The summed E-state index contributed by atoms with van der Waals surface area (Å²) in [5.41, 5.74) is 7.10. The first-order valence-corrected chi connectivity index (χ1v) is 6.70. The zero-order chi connectivity index (χ0) is 13.0. The van der Waals surface area contributed by atoms with Crippen LogP contribution in [-0.2, 0) is 0 Å². The molecule has 2 rings (SSSR count). The highest BCUT2D eigenvalue weighted by molar-refractivity contribution is 6.03. The molecule has 1 aliphatic rings. The van der Waals surface area contributed by atoms with Crippen LogP contribution in [0, 0.1) is 5.92 Å². The van der Waals surface area contributed by atoms with E-state index < -0.39 is 0 Å². The number of para-hydroxylation sites is 1. The second-order valence-electron chi connectivity index (χ2n) is 4.97. The van der Waals surface area contributed by atoms with Crippen LogP contribution in [0.25, 0.3) is 0 Å². The van der Waals surface area contributed by atoms with Gasteiger partial charge in [0.25, 0.3) is 0 Å². The molecule has 0 bridgehead atoms. The van der Waals surface area contributed by atoms with Crippen LogP contribution < -0.4 is 10.5 Å². The number of carbonyl (C=O) groups is 1. The number of Topliss-reactive ketones (excluding diaryl/α,β-unsaturated/α-hetero) is 1. The Balaban J connectivity index is 2.22. The third-order valence-corrected chi connectivity index (χ3v) is 3.78.